The Labute approximate surface area is 176 Å². The molecule has 2 aliphatic rings. The van der Waals surface area contributed by atoms with Gasteiger partial charge in [-0.2, -0.15) is 0 Å². The fraction of sp³-hybridized carbons (Fsp3) is 0.0833. The molecule has 152 valence electrons. The zero-order chi connectivity index (χ0) is 20.9. The average Bonchev–Trinajstić information content (AvgIpc) is 3.45. The van der Waals surface area contributed by atoms with Crippen LogP contribution in [0.15, 0.2) is 77.2 Å². The first-order chi connectivity index (χ1) is 15.2. The van der Waals surface area contributed by atoms with E-state index in [-0.39, 0.29) is 12.6 Å². The molecule has 0 unspecified atom stereocenters. The van der Waals surface area contributed by atoms with Crippen LogP contribution in [-0.4, -0.2) is 18.7 Å². The third-order valence-corrected chi connectivity index (χ3v) is 5.37. The first-order valence-corrected chi connectivity index (χ1v) is 9.71. The van der Waals surface area contributed by atoms with Gasteiger partial charge in [0.1, 0.15) is 5.58 Å². The van der Waals surface area contributed by atoms with Crippen molar-refractivity contribution in [2.24, 2.45) is 0 Å². The molecule has 7 heteroatoms. The van der Waals surface area contributed by atoms with Gasteiger partial charge in [-0.3, -0.25) is 9.69 Å². The zero-order valence-corrected chi connectivity index (χ0v) is 16.1. The van der Waals surface area contributed by atoms with Crippen LogP contribution in [0.3, 0.4) is 0 Å². The molecule has 4 aromatic rings. The van der Waals surface area contributed by atoms with E-state index in [0.29, 0.717) is 33.9 Å². The quantitative estimate of drug-likeness (QED) is 0.444. The highest BCUT2D eigenvalue weighted by Crippen LogP contribution is 2.41. The Balaban J connectivity index is 1.50. The monoisotopic (exact) mass is 413 g/mol. The van der Waals surface area contributed by atoms with E-state index in [1.54, 1.807) is 54.6 Å². The Morgan fingerprint density at radius 2 is 1.71 bits per heavy atom. The summed E-state index contributed by atoms with van der Waals surface area (Å²) >= 11 is 0. The molecule has 0 fully saturated rings. The minimum Gasteiger partial charge on any atom is -0.454 e. The van der Waals surface area contributed by atoms with Crippen molar-refractivity contribution < 1.29 is 28.2 Å². The van der Waals surface area contributed by atoms with Crippen LogP contribution in [0.25, 0.3) is 11.0 Å². The number of cyclic esters (lactones) is 1. The maximum Gasteiger partial charge on any atom is 0.342 e. The normalized spacial score (nSPS) is 16.8. The Kier molecular flexibility index (Phi) is 3.76. The molecule has 3 aromatic carbocycles. The lowest BCUT2D eigenvalue weighted by atomic mass is 10.1. The molecule has 31 heavy (non-hydrogen) atoms. The van der Waals surface area contributed by atoms with Crippen molar-refractivity contribution in [3.8, 4) is 11.5 Å². The van der Waals surface area contributed by atoms with Gasteiger partial charge >= 0.3 is 5.97 Å². The molecular formula is C24H15NO6. The number of rotatable bonds is 2. The summed E-state index contributed by atoms with van der Waals surface area (Å²) in [5, 5.41) is 0.813. The summed E-state index contributed by atoms with van der Waals surface area (Å²) in [6.07, 6.45) is -0.988. The number of fused-ring (bicyclic) bond motifs is 3. The maximum atomic E-state index is 13.6. The molecule has 3 heterocycles. The lowest BCUT2D eigenvalue weighted by molar-refractivity contribution is 0.0245. The van der Waals surface area contributed by atoms with Crippen LogP contribution in [0, 0.1) is 0 Å². The van der Waals surface area contributed by atoms with E-state index in [9.17, 15) is 9.59 Å². The fourth-order valence-corrected chi connectivity index (χ4v) is 3.91. The lowest BCUT2D eigenvalue weighted by Crippen LogP contribution is -2.41. The van der Waals surface area contributed by atoms with Gasteiger partial charge < -0.3 is 18.6 Å². The highest BCUT2D eigenvalue weighted by atomic mass is 16.7. The van der Waals surface area contributed by atoms with Crippen molar-refractivity contribution in [3.05, 3.63) is 89.7 Å². The van der Waals surface area contributed by atoms with Crippen molar-refractivity contribution in [3.63, 3.8) is 0 Å². The summed E-state index contributed by atoms with van der Waals surface area (Å²) < 4.78 is 22.4. The fourth-order valence-electron chi connectivity index (χ4n) is 3.91. The van der Waals surface area contributed by atoms with Gasteiger partial charge in [-0.15, -0.1) is 0 Å². The van der Waals surface area contributed by atoms with E-state index in [1.165, 1.54) is 4.90 Å². The molecule has 1 atom stereocenters. The predicted octanol–water partition coefficient (Wildman–Crippen LogP) is 4.68. The highest BCUT2D eigenvalue weighted by molar-refractivity contribution is 6.11. The molecule has 0 aliphatic carbocycles. The third-order valence-electron chi connectivity index (χ3n) is 5.37. The molecule has 7 nitrogen and oxygen atoms in total. The minimum atomic E-state index is -0.988. The van der Waals surface area contributed by atoms with Gasteiger partial charge in [0.05, 0.1) is 11.3 Å². The zero-order valence-electron chi connectivity index (χ0n) is 16.1. The van der Waals surface area contributed by atoms with E-state index < -0.39 is 18.1 Å². The van der Waals surface area contributed by atoms with Crippen molar-refractivity contribution in [2.75, 3.05) is 11.7 Å². The van der Waals surface area contributed by atoms with Crippen LogP contribution < -0.4 is 14.4 Å². The largest absolute Gasteiger partial charge is 0.454 e. The summed E-state index contributed by atoms with van der Waals surface area (Å²) in [5.74, 6) is 0.357. The van der Waals surface area contributed by atoms with Crippen LogP contribution in [0.5, 0.6) is 11.5 Å². The number of amides is 1. The van der Waals surface area contributed by atoms with E-state index in [0.717, 1.165) is 5.39 Å². The second kappa shape index (κ2) is 6.63. The average molecular weight is 413 g/mol. The van der Waals surface area contributed by atoms with E-state index in [1.807, 2.05) is 18.2 Å². The van der Waals surface area contributed by atoms with Crippen molar-refractivity contribution in [2.45, 2.75) is 6.23 Å². The molecule has 2 aliphatic heterocycles. The third kappa shape index (κ3) is 2.74. The predicted molar refractivity (Wildman–Crippen MR) is 110 cm³/mol. The Hall–Kier alpha value is -4.26. The number of furan rings is 1. The summed E-state index contributed by atoms with van der Waals surface area (Å²) in [4.78, 5) is 27.8. The van der Waals surface area contributed by atoms with Crippen LogP contribution in [0.1, 0.15) is 32.7 Å². The number of carbonyl (C=O) groups excluding carboxylic acids is 2. The molecule has 1 amide bonds. The second-order valence-corrected chi connectivity index (χ2v) is 7.21. The molecule has 0 saturated carbocycles. The topological polar surface area (TPSA) is 78.2 Å². The van der Waals surface area contributed by atoms with Gasteiger partial charge in [0.15, 0.2) is 17.3 Å². The summed E-state index contributed by atoms with van der Waals surface area (Å²) in [6, 6.07) is 21.1. The van der Waals surface area contributed by atoms with E-state index in [2.05, 4.69) is 0 Å². The Morgan fingerprint density at radius 3 is 2.61 bits per heavy atom. The molecule has 0 saturated heterocycles. The number of para-hydroxylation sites is 2. The van der Waals surface area contributed by atoms with Gasteiger partial charge in [0, 0.05) is 10.9 Å². The molecule has 0 N–H and O–H groups in total. The van der Waals surface area contributed by atoms with Gasteiger partial charge in [-0.05, 0) is 42.5 Å². The highest BCUT2D eigenvalue weighted by Gasteiger charge is 2.39. The van der Waals surface area contributed by atoms with Gasteiger partial charge in [-0.25, -0.2) is 4.79 Å². The first kappa shape index (κ1) is 17.6. The number of hydrogen-bond acceptors (Lipinski definition) is 6. The van der Waals surface area contributed by atoms with Crippen molar-refractivity contribution in [1.82, 2.24) is 0 Å². The van der Waals surface area contributed by atoms with Gasteiger partial charge in [0.2, 0.25) is 13.0 Å². The molecule has 0 radical (unpaired) electrons. The van der Waals surface area contributed by atoms with E-state index in [4.69, 9.17) is 18.6 Å². The minimum absolute atomic E-state index is 0.119. The summed E-state index contributed by atoms with van der Waals surface area (Å²) in [5.41, 5.74) is 1.94. The number of anilines is 1. The van der Waals surface area contributed by atoms with Gasteiger partial charge in [-0.1, -0.05) is 30.3 Å². The standard InChI is InChI=1S/C24H15NO6/c26-22(21-11-14-5-1-4-8-18(14)30-21)25-17-7-3-2-6-16(17)24(27)31-23(25)15-9-10-19-20(12-15)29-13-28-19/h1-12,23H,13H2/t23-/m1/s1. The molecule has 0 bridgehead atoms. The lowest BCUT2D eigenvalue weighted by Gasteiger charge is -2.35. The number of ether oxygens (including phenoxy) is 3. The summed E-state index contributed by atoms with van der Waals surface area (Å²) in [7, 11) is 0. The van der Waals surface area contributed by atoms with Crippen LogP contribution >= 0.6 is 0 Å². The number of hydrogen-bond donors (Lipinski definition) is 0. The maximum absolute atomic E-state index is 13.6. The van der Waals surface area contributed by atoms with Crippen molar-refractivity contribution in [1.29, 1.82) is 0 Å². The molecule has 1 aromatic heterocycles. The van der Waals surface area contributed by atoms with Gasteiger partial charge in [0.25, 0.3) is 5.91 Å². The van der Waals surface area contributed by atoms with Crippen LogP contribution in [-0.2, 0) is 4.74 Å². The Bertz CT molecular complexity index is 1320. The summed E-state index contributed by atoms with van der Waals surface area (Å²) in [6.45, 7) is 0.119. The van der Waals surface area contributed by atoms with Crippen LogP contribution in [0.4, 0.5) is 5.69 Å². The SMILES string of the molecule is O=C1O[C@H](c2ccc3c(c2)OCO3)N(C(=O)c2cc3ccccc3o2)c2ccccc21. The van der Waals surface area contributed by atoms with E-state index >= 15 is 0 Å². The molecular weight excluding hydrogens is 398 g/mol. The number of esters is 1. The number of benzene rings is 3. The van der Waals surface area contributed by atoms with Crippen LogP contribution in [0.2, 0.25) is 0 Å². The smallest absolute Gasteiger partial charge is 0.342 e. The second-order valence-electron chi connectivity index (χ2n) is 7.21. The first-order valence-electron chi connectivity index (χ1n) is 9.71. The number of nitrogens with zero attached hydrogens (tertiary/aromatic N) is 1. The molecule has 6 rings (SSSR count). The number of carbonyl (C=O) groups is 2. The molecule has 0 spiro atoms. The Morgan fingerprint density at radius 1 is 0.903 bits per heavy atom. The van der Waals surface area contributed by atoms with Crippen molar-refractivity contribution >= 4 is 28.5 Å².